The highest BCUT2D eigenvalue weighted by molar-refractivity contribution is 4.79. The smallest absolute Gasteiger partial charge is 0.0445 e. The topological polar surface area (TPSA) is 35.5 Å². The van der Waals surface area contributed by atoms with Gasteiger partial charge in [0.15, 0.2) is 0 Å². The molecular formula is C12H26N2O. The minimum Gasteiger partial charge on any atom is -0.396 e. The zero-order chi connectivity index (χ0) is 11.1. The number of hydrogen-bond acceptors (Lipinski definition) is 3. The minimum atomic E-state index is 0.294. The largest absolute Gasteiger partial charge is 0.396 e. The van der Waals surface area contributed by atoms with E-state index < -0.39 is 0 Å². The summed E-state index contributed by atoms with van der Waals surface area (Å²) in [6, 6.07) is 1.12. The average molecular weight is 214 g/mol. The van der Waals surface area contributed by atoms with Gasteiger partial charge in [-0.05, 0) is 52.2 Å². The van der Waals surface area contributed by atoms with Crippen molar-refractivity contribution in [2.75, 3.05) is 26.2 Å². The number of piperidine rings is 1. The van der Waals surface area contributed by atoms with Gasteiger partial charge in [0, 0.05) is 18.7 Å². The summed E-state index contributed by atoms with van der Waals surface area (Å²) in [5.41, 5.74) is 0. The second-order valence-corrected chi connectivity index (χ2v) is 4.70. The fourth-order valence-electron chi connectivity index (χ4n) is 2.32. The van der Waals surface area contributed by atoms with Gasteiger partial charge in [-0.2, -0.15) is 0 Å². The summed E-state index contributed by atoms with van der Waals surface area (Å²) < 4.78 is 0. The van der Waals surface area contributed by atoms with Gasteiger partial charge in [0.2, 0.25) is 0 Å². The second kappa shape index (κ2) is 7.20. The number of nitrogens with one attached hydrogen (secondary N) is 1. The third-order valence-electron chi connectivity index (χ3n) is 3.21. The number of rotatable bonds is 6. The first kappa shape index (κ1) is 12.9. The fourth-order valence-corrected chi connectivity index (χ4v) is 2.32. The van der Waals surface area contributed by atoms with Crippen molar-refractivity contribution in [2.24, 2.45) is 0 Å². The van der Waals surface area contributed by atoms with Crippen LogP contribution in [0.2, 0.25) is 0 Å². The summed E-state index contributed by atoms with van der Waals surface area (Å²) in [6.45, 7) is 8.42. The Morgan fingerprint density at radius 1 is 1.40 bits per heavy atom. The number of aliphatic hydroxyl groups excluding tert-OH is 1. The third kappa shape index (κ3) is 4.96. The molecule has 0 aromatic carbocycles. The molecule has 1 rings (SSSR count). The highest BCUT2D eigenvalue weighted by Crippen LogP contribution is 2.11. The maximum Gasteiger partial charge on any atom is 0.0445 e. The first-order chi connectivity index (χ1) is 7.26. The van der Waals surface area contributed by atoms with Crippen LogP contribution < -0.4 is 5.32 Å². The van der Waals surface area contributed by atoms with Gasteiger partial charge in [-0.1, -0.05) is 6.92 Å². The van der Waals surface area contributed by atoms with Crippen LogP contribution in [0, 0.1) is 0 Å². The molecule has 1 heterocycles. The number of hydrogen-bond donors (Lipinski definition) is 2. The monoisotopic (exact) mass is 214 g/mol. The average Bonchev–Trinajstić information content (AvgIpc) is 2.22. The van der Waals surface area contributed by atoms with Gasteiger partial charge in [-0.25, -0.2) is 0 Å². The summed E-state index contributed by atoms with van der Waals surface area (Å²) in [6.07, 6.45) is 4.65. The van der Waals surface area contributed by atoms with Gasteiger partial charge in [-0.15, -0.1) is 0 Å². The van der Waals surface area contributed by atoms with Crippen LogP contribution in [0.15, 0.2) is 0 Å². The molecule has 1 atom stereocenters. The minimum absolute atomic E-state index is 0.294. The van der Waals surface area contributed by atoms with Gasteiger partial charge < -0.3 is 15.3 Å². The molecule has 3 nitrogen and oxygen atoms in total. The quantitative estimate of drug-likeness (QED) is 0.698. The SMILES string of the molecule is CCCN1CCC(NC(C)CCO)CC1. The second-order valence-electron chi connectivity index (χ2n) is 4.70. The van der Waals surface area contributed by atoms with E-state index in [9.17, 15) is 0 Å². The van der Waals surface area contributed by atoms with Gasteiger partial charge >= 0.3 is 0 Å². The third-order valence-corrected chi connectivity index (χ3v) is 3.21. The zero-order valence-corrected chi connectivity index (χ0v) is 10.2. The molecule has 2 N–H and O–H groups in total. The van der Waals surface area contributed by atoms with Crippen molar-refractivity contribution in [1.29, 1.82) is 0 Å². The molecule has 0 aromatic heterocycles. The molecule has 1 fully saturated rings. The molecule has 1 unspecified atom stereocenters. The molecule has 3 heteroatoms. The molecule has 0 aromatic rings. The van der Waals surface area contributed by atoms with Crippen LogP contribution >= 0.6 is 0 Å². The summed E-state index contributed by atoms with van der Waals surface area (Å²) in [5.74, 6) is 0. The van der Waals surface area contributed by atoms with Crippen LogP contribution in [0.5, 0.6) is 0 Å². The van der Waals surface area contributed by atoms with E-state index in [2.05, 4.69) is 24.1 Å². The van der Waals surface area contributed by atoms with E-state index in [1.54, 1.807) is 0 Å². The van der Waals surface area contributed by atoms with E-state index >= 15 is 0 Å². The van der Waals surface area contributed by atoms with Crippen molar-refractivity contribution in [3.05, 3.63) is 0 Å². The van der Waals surface area contributed by atoms with E-state index in [0.29, 0.717) is 18.7 Å². The lowest BCUT2D eigenvalue weighted by molar-refractivity contribution is 0.185. The van der Waals surface area contributed by atoms with Crippen LogP contribution in [-0.2, 0) is 0 Å². The van der Waals surface area contributed by atoms with Crippen LogP contribution in [0.4, 0.5) is 0 Å². The summed E-state index contributed by atoms with van der Waals surface area (Å²) >= 11 is 0. The zero-order valence-electron chi connectivity index (χ0n) is 10.2. The number of aliphatic hydroxyl groups is 1. The van der Waals surface area contributed by atoms with Gasteiger partial charge in [0.25, 0.3) is 0 Å². The van der Waals surface area contributed by atoms with E-state index in [1.807, 2.05) is 0 Å². The Labute approximate surface area is 93.9 Å². The summed E-state index contributed by atoms with van der Waals surface area (Å²) in [5, 5.41) is 12.4. The van der Waals surface area contributed by atoms with Crippen LogP contribution in [0.1, 0.15) is 39.5 Å². The molecule has 1 aliphatic rings. The Bertz CT molecular complexity index is 156. The standard InChI is InChI=1S/C12H26N2O/c1-3-7-14-8-4-12(5-9-14)13-11(2)6-10-15/h11-13,15H,3-10H2,1-2H3. The van der Waals surface area contributed by atoms with Gasteiger partial charge in [0.1, 0.15) is 0 Å². The van der Waals surface area contributed by atoms with Crippen molar-refractivity contribution in [1.82, 2.24) is 10.2 Å². The Morgan fingerprint density at radius 2 is 2.07 bits per heavy atom. The molecule has 0 saturated carbocycles. The normalized spacial score (nSPS) is 21.8. The van der Waals surface area contributed by atoms with Crippen LogP contribution in [0.25, 0.3) is 0 Å². The molecule has 0 bridgehead atoms. The Kier molecular flexibility index (Phi) is 6.22. The van der Waals surface area contributed by atoms with Crippen molar-refractivity contribution < 1.29 is 5.11 Å². The van der Waals surface area contributed by atoms with Crippen molar-refractivity contribution >= 4 is 0 Å². The first-order valence-corrected chi connectivity index (χ1v) is 6.35. The van der Waals surface area contributed by atoms with E-state index in [1.165, 1.54) is 38.9 Å². The van der Waals surface area contributed by atoms with Gasteiger partial charge in [0.05, 0.1) is 0 Å². The predicted molar refractivity (Wildman–Crippen MR) is 64.1 cm³/mol. The van der Waals surface area contributed by atoms with E-state index in [-0.39, 0.29) is 0 Å². The van der Waals surface area contributed by atoms with E-state index in [0.717, 1.165) is 6.42 Å². The van der Waals surface area contributed by atoms with Crippen LogP contribution in [0.3, 0.4) is 0 Å². The fraction of sp³-hybridized carbons (Fsp3) is 1.00. The molecule has 0 amide bonds. The molecule has 15 heavy (non-hydrogen) atoms. The van der Waals surface area contributed by atoms with Crippen molar-refractivity contribution in [2.45, 2.75) is 51.6 Å². The highest BCUT2D eigenvalue weighted by atomic mass is 16.3. The lowest BCUT2D eigenvalue weighted by Crippen LogP contribution is -2.45. The lowest BCUT2D eigenvalue weighted by Gasteiger charge is -2.33. The maximum atomic E-state index is 8.83. The number of likely N-dealkylation sites (tertiary alicyclic amines) is 1. The molecule has 0 aliphatic carbocycles. The van der Waals surface area contributed by atoms with Crippen LogP contribution in [-0.4, -0.2) is 48.3 Å². The first-order valence-electron chi connectivity index (χ1n) is 6.35. The Morgan fingerprint density at radius 3 is 2.60 bits per heavy atom. The van der Waals surface area contributed by atoms with Crippen molar-refractivity contribution in [3.8, 4) is 0 Å². The Hall–Kier alpha value is -0.120. The predicted octanol–water partition coefficient (Wildman–Crippen LogP) is 1.22. The Balaban J connectivity index is 2.14. The molecule has 90 valence electrons. The molecule has 1 aliphatic heterocycles. The van der Waals surface area contributed by atoms with E-state index in [4.69, 9.17) is 5.11 Å². The molecule has 0 radical (unpaired) electrons. The number of nitrogens with zero attached hydrogens (tertiary/aromatic N) is 1. The highest BCUT2D eigenvalue weighted by Gasteiger charge is 2.19. The molecular weight excluding hydrogens is 188 g/mol. The lowest BCUT2D eigenvalue weighted by atomic mass is 10.0. The van der Waals surface area contributed by atoms with Gasteiger partial charge in [-0.3, -0.25) is 0 Å². The molecule has 1 saturated heterocycles. The van der Waals surface area contributed by atoms with Crippen molar-refractivity contribution in [3.63, 3.8) is 0 Å². The molecule has 0 spiro atoms. The summed E-state index contributed by atoms with van der Waals surface area (Å²) in [7, 11) is 0. The summed E-state index contributed by atoms with van der Waals surface area (Å²) in [4.78, 5) is 2.55. The maximum absolute atomic E-state index is 8.83.